The van der Waals surface area contributed by atoms with Gasteiger partial charge in [-0.2, -0.15) is 5.10 Å². The lowest BCUT2D eigenvalue weighted by Gasteiger charge is -2.40. The summed E-state index contributed by atoms with van der Waals surface area (Å²) in [6, 6.07) is 9.72. The highest BCUT2D eigenvalue weighted by Crippen LogP contribution is 2.26. The Morgan fingerprint density at radius 3 is 2.52 bits per heavy atom. The normalized spacial score (nSPS) is 17.8. The Bertz CT molecular complexity index is 1020. The Morgan fingerprint density at radius 1 is 1.18 bits per heavy atom. The zero-order valence-electron chi connectivity index (χ0n) is 20.0. The molecule has 1 aliphatic heterocycles. The van der Waals surface area contributed by atoms with E-state index in [4.69, 9.17) is 0 Å². The number of nitrogens with one attached hydrogen (secondary N) is 2. The quantitative estimate of drug-likeness (QED) is 0.548. The summed E-state index contributed by atoms with van der Waals surface area (Å²) in [4.78, 5) is 41.1. The van der Waals surface area contributed by atoms with Crippen LogP contribution in [0.15, 0.2) is 35.2 Å². The SMILES string of the molecule is CSc1ccc(CCNC(=O)c2cc3n(n2)C[C@@](C)(C(=O)NCCC(C)C)N(C)C3=O)cc1. The number of thioether (sulfide) groups is 1. The number of amides is 3. The molecule has 0 unspecified atom stereocenters. The topological polar surface area (TPSA) is 96.3 Å². The predicted octanol–water partition coefficient (Wildman–Crippen LogP) is 2.58. The Morgan fingerprint density at radius 2 is 1.88 bits per heavy atom. The van der Waals surface area contributed by atoms with Gasteiger partial charge in [-0.3, -0.25) is 19.1 Å². The molecule has 0 fully saturated rings. The molecule has 0 saturated heterocycles. The Labute approximate surface area is 199 Å². The van der Waals surface area contributed by atoms with E-state index < -0.39 is 5.54 Å². The molecular weight excluding hydrogens is 438 g/mol. The molecule has 3 amide bonds. The molecule has 1 aromatic heterocycles. The van der Waals surface area contributed by atoms with Gasteiger partial charge in [0.2, 0.25) is 5.91 Å². The lowest BCUT2D eigenvalue weighted by atomic mass is 9.95. The molecule has 33 heavy (non-hydrogen) atoms. The van der Waals surface area contributed by atoms with Gasteiger partial charge < -0.3 is 15.5 Å². The number of fused-ring (bicyclic) bond motifs is 1. The van der Waals surface area contributed by atoms with E-state index in [9.17, 15) is 14.4 Å². The molecule has 9 heteroatoms. The van der Waals surface area contributed by atoms with E-state index in [0.717, 1.165) is 12.0 Å². The molecule has 3 rings (SSSR count). The number of carbonyl (C=O) groups excluding carboxylic acids is 3. The van der Waals surface area contributed by atoms with Crippen LogP contribution in [-0.4, -0.2) is 64.3 Å². The van der Waals surface area contributed by atoms with Crippen molar-refractivity contribution in [2.75, 3.05) is 26.4 Å². The highest BCUT2D eigenvalue weighted by Gasteiger charge is 2.46. The second-order valence-corrected chi connectivity index (χ2v) is 9.88. The number of hydrogen-bond acceptors (Lipinski definition) is 5. The molecule has 0 aliphatic carbocycles. The lowest BCUT2D eigenvalue weighted by molar-refractivity contribution is -0.132. The third kappa shape index (κ3) is 5.58. The van der Waals surface area contributed by atoms with Crippen molar-refractivity contribution in [3.8, 4) is 0 Å². The first kappa shape index (κ1) is 24.8. The molecule has 2 heterocycles. The van der Waals surface area contributed by atoms with Crippen molar-refractivity contribution in [2.45, 2.75) is 50.6 Å². The van der Waals surface area contributed by atoms with E-state index in [1.807, 2.05) is 6.26 Å². The molecule has 0 saturated carbocycles. The van der Waals surface area contributed by atoms with Crippen molar-refractivity contribution < 1.29 is 14.4 Å². The fourth-order valence-corrected chi connectivity index (χ4v) is 4.11. The third-order valence-electron chi connectivity index (χ3n) is 6.09. The molecular formula is C24H33N5O3S. The van der Waals surface area contributed by atoms with Gasteiger partial charge >= 0.3 is 0 Å². The Kier molecular flexibility index (Phi) is 7.84. The lowest BCUT2D eigenvalue weighted by Crippen LogP contribution is -2.62. The Balaban J connectivity index is 1.64. The maximum atomic E-state index is 13.0. The fraction of sp³-hybridized carbons (Fsp3) is 0.500. The number of benzene rings is 1. The van der Waals surface area contributed by atoms with Crippen LogP contribution in [0.2, 0.25) is 0 Å². The van der Waals surface area contributed by atoms with E-state index in [1.54, 1.807) is 25.7 Å². The zero-order chi connectivity index (χ0) is 24.2. The van der Waals surface area contributed by atoms with Gasteiger partial charge in [-0.25, -0.2) is 0 Å². The second kappa shape index (κ2) is 10.4. The minimum absolute atomic E-state index is 0.175. The molecule has 0 bridgehead atoms. The zero-order valence-corrected chi connectivity index (χ0v) is 20.8. The summed E-state index contributed by atoms with van der Waals surface area (Å²) in [7, 11) is 1.61. The average Bonchev–Trinajstić information content (AvgIpc) is 3.21. The van der Waals surface area contributed by atoms with Gasteiger partial charge in [0.05, 0.1) is 6.54 Å². The van der Waals surface area contributed by atoms with E-state index in [0.29, 0.717) is 31.1 Å². The van der Waals surface area contributed by atoms with Gasteiger partial charge in [-0.15, -0.1) is 11.8 Å². The number of nitrogens with zero attached hydrogens (tertiary/aromatic N) is 3. The maximum Gasteiger partial charge on any atom is 0.272 e. The van der Waals surface area contributed by atoms with Crippen LogP contribution >= 0.6 is 11.8 Å². The molecule has 1 aromatic carbocycles. The standard InChI is InChI=1S/C24H33N5O3S/c1-16(2)10-12-26-23(32)24(3)15-29-20(22(31)28(24)4)14-19(27-29)21(30)25-13-11-17-6-8-18(33-5)9-7-17/h6-9,14,16H,10-13,15H2,1-5H3,(H,25,30)(H,26,32)/t24-/m0/s1. The van der Waals surface area contributed by atoms with Crippen LogP contribution in [0.5, 0.6) is 0 Å². The summed E-state index contributed by atoms with van der Waals surface area (Å²) in [6.45, 7) is 7.11. The van der Waals surface area contributed by atoms with Crippen LogP contribution in [0, 0.1) is 5.92 Å². The maximum absolute atomic E-state index is 13.0. The van der Waals surface area contributed by atoms with Gasteiger partial charge in [0.15, 0.2) is 5.69 Å². The molecule has 2 N–H and O–H groups in total. The number of rotatable bonds is 9. The van der Waals surface area contributed by atoms with Crippen molar-refractivity contribution >= 4 is 29.5 Å². The smallest absolute Gasteiger partial charge is 0.272 e. The summed E-state index contributed by atoms with van der Waals surface area (Å²) in [5.74, 6) is -0.421. The van der Waals surface area contributed by atoms with Crippen molar-refractivity contribution in [1.29, 1.82) is 0 Å². The highest BCUT2D eigenvalue weighted by atomic mass is 32.2. The summed E-state index contributed by atoms with van der Waals surface area (Å²) < 4.78 is 1.47. The van der Waals surface area contributed by atoms with Crippen molar-refractivity contribution in [3.05, 3.63) is 47.3 Å². The number of carbonyl (C=O) groups is 3. The summed E-state index contributed by atoms with van der Waals surface area (Å²) in [5.41, 5.74) is 0.536. The fourth-order valence-electron chi connectivity index (χ4n) is 3.71. The van der Waals surface area contributed by atoms with Crippen LogP contribution in [0.3, 0.4) is 0 Å². The minimum Gasteiger partial charge on any atom is -0.354 e. The Hall–Kier alpha value is -2.81. The van der Waals surface area contributed by atoms with Crippen molar-refractivity contribution in [3.63, 3.8) is 0 Å². The van der Waals surface area contributed by atoms with Gasteiger partial charge in [-0.05, 0) is 49.6 Å². The van der Waals surface area contributed by atoms with E-state index >= 15 is 0 Å². The second-order valence-electron chi connectivity index (χ2n) is 9.00. The first-order valence-corrected chi connectivity index (χ1v) is 12.4. The average molecular weight is 472 g/mol. The first-order valence-electron chi connectivity index (χ1n) is 11.2. The number of aromatic nitrogens is 2. The largest absolute Gasteiger partial charge is 0.354 e. The van der Waals surface area contributed by atoms with Gasteiger partial charge in [0.1, 0.15) is 11.2 Å². The van der Waals surface area contributed by atoms with Crippen molar-refractivity contribution in [1.82, 2.24) is 25.3 Å². The highest BCUT2D eigenvalue weighted by molar-refractivity contribution is 7.98. The van der Waals surface area contributed by atoms with E-state index in [2.05, 4.69) is 53.8 Å². The summed E-state index contributed by atoms with van der Waals surface area (Å²) in [6.07, 6.45) is 3.59. The summed E-state index contributed by atoms with van der Waals surface area (Å²) >= 11 is 1.69. The van der Waals surface area contributed by atoms with Gasteiger partial charge in [-0.1, -0.05) is 26.0 Å². The van der Waals surface area contributed by atoms with Crippen LogP contribution in [0.4, 0.5) is 0 Å². The van der Waals surface area contributed by atoms with Crippen LogP contribution in [-0.2, 0) is 17.8 Å². The predicted molar refractivity (Wildman–Crippen MR) is 129 cm³/mol. The van der Waals surface area contributed by atoms with Crippen LogP contribution in [0.1, 0.15) is 53.7 Å². The monoisotopic (exact) mass is 471 g/mol. The van der Waals surface area contributed by atoms with Crippen LogP contribution in [0.25, 0.3) is 0 Å². The van der Waals surface area contributed by atoms with Crippen molar-refractivity contribution in [2.24, 2.45) is 5.92 Å². The molecule has 178 valence electrons. The molecule has 2 aromatic rings. The summed E-state index contributed by atoms with van der Waals surface area (Å²) in [5, 5.41) is 10.1. The van der Waals surface area contributed by atoms with E-state index in [-0.39, 0.29) is 30.0 Å². The molecule has 1 aliphatic rings. The molecule has 0 spiro atoms. The number of likely N-dealkylation sites (N-methyl/N-ethyl adjacent to an activating group) is 1. The molecule has 1 atom stereocenters. The van der Waals surface area contributed by atoms with E-state index in [1.165, 1.54) is 20.5 Å². The van der Waals surface area contributed by atoms with Gasteiger partial charge in [0.25, 0.3) is 11.8 Å². The van der Waals surface area contributed by atoms with Crippen LogP contribution < -0.4 is 10.6 Å². The third-order valence-corrected chi connectivity index (χ3v) is 6.83. The molecule has 0 radical (unpaired) electrons. The molecule has 8 nitrogen and oxygen atoms in total. The minimum atomic E-state index is -1.08. The van der Waals surface area contributed by atoms with Gasteiger partial charge in [0, 0.05) is 31.1 Å². The first-order chi connectivity index (χ1) is 15.7. The number of hydrogen-bond donors (Lipinski definition) is 2.